The van der Waals surface area contributed by atoms with Gasteiger partial charge in [0.15, 0.2) is 0 Å². The van der Waals surface area contributed by atoms with Crippen LogP contribution in [0.4, 0.5) is 5.69 Å². The van der Waals surface area contributed by atoms with Crippen LogP contribution in [0, 0.1) is 6.57 Å². The first-order valence-electron chi connectivity index (χ1n) is 5.02. The summed E-state index contributed by atoms with van der Waals surface area (Å²) < 4.78 is 0. The van der Waals surface area contributed by atoms with E-state index >= 15 is 0 Å². The maximum Gasteiger partial charge on any atom is 0.304 e. The number of anilines is 1. The molecule has 1 aromatic rings. The monoisotopic (exact) mass is 205 g/mol. The molecule has 4 heteroatoms. The minimum Gasteiger partial charge on any atom is -0.311 e. The van der Waals surface area contributed by atoms with Crippen molar-refractivity contribution < 1.29 is 0 Å². The fourth-order valence-corrected chi connectivity index (χ4v) is 1.35. The molecule has 4 nitrogen and oxygen atoms in total. The average molecular weight is 205 g/mol. The Bertz CT molecular complexity index is 343. The molecule has 0 spiro atoms. The van der Waals surface area contributed by atoms with E-state index in [1.807, 2.05) is 24.3 Å². The van der Waals surface area contributed by atoms with Crippen LogP contribution in [0.2, 0.25) is 0 Å². The summed E-state index contributed by atoms with van der Waals surface area (Å²) in [5, 5.41) is 1.74. The van der Waals surface area contributed by atoms with Gasteiger partial charge in [-0.3, -0.25) is 0 Å². The quantitative estimate of drug-likeness (QED) is 0.568. The van der Waals surface area contributed by atoms with Gasteiger partial charge in [0, 0.05) is 6.54 Å². The summed E-state index contributed by atoms with van der Waals surface area (Å²) in [5.74, 6) is 5.87. The highest BCUT2D eigenvalue weighted by molar-refractivity contribution is 5.47. The van der Waals surface area contributed by atoms with Crippen molar-refractivity contribution >= 4 is 5.69 Å². The molecule has 0 aliphatic heterocycles. The van der Waals surface area contributed by atoms with Crippen LogP contribution in [0.25, 0.3) is 4.95 Å². The highest BCUT2D eigenvalue weighted by Crippen LogP contribution is 2.13. The molecule has 80 valence electrons. The highest BCUT2D eigenvalue weighted by Gasteiger charge is 2.01. The summed E-state index contributed by atoms with van der Waals surface area (Å²) in [7, 11) is 0. The molecule has 0 radical (unpaired) electrons. The van der Waals surface area contributed by atoms with Crippen LogP contribution in [0.15, 0.2) is 24.3 Å². The molecular weight excluding hydrogens is 188 g/mol. The van der Waals surface area contributed by atoms with Crippen molar-refractivity contribution in [1.82, 2.24) is 5.43 Å². The summed E-state index contributed by atoms with van der Waals surface area (Å²) in [4.78, 5) is 3.35. The van der Waals surface area contributed by atoms with E-state index in [0.717, 1.165) is 24.2 Å². The second-order valence-electron chi connectivity index (χ2n) is 3.33. The van der Waals surface area contributed by atoms with Crippen molar-refractivity contribution in [3.63, 3.8) is 0 Å². The van der Waals surface area contributed by atoms with Gasteiger partial charge >= 0.3 is 6.57 Å². The predicted octanol–water partition coefficient (Wildman–Crippen LogP) is 1.74. The molecule has 1 aromatic carbocycles. The number of hydrogen-bond donors (Lipinski definition) is 2. The van der Waals surface area contributed by atoms with E-state index in [0.29, 0.717) is 6.54 Å². The van der Waals surface area contributed by atoms with Gasteiger partial charge < -0.3 is 5.01 Å². The maximum absolute atomic E-state index is 5.87. The molecule has 0 heterocycles. The first-order valence-corrected chi connectivity index (χ1v) is 5.02. The Morgan fingerprint density at radius 3 is 3.00 bits per heavy atom. The minimum absolute atomic E-state index is 0.615. The molecule has 0 aromatic heterocycles. The lowest BCUT2D eigenvalue weighted by Crippen LogP contribution is -2.31. The van der Waals surface area contributed by atoms with Crippen LogP contribution >= 0.6 is 0 Å². The molecule has 0 atom stereocenters. The molecule has 0 saturated carbocycles. The molecular formula is C11H17N4+. The van der Waals surface area contributed by atoms with Crippen LogP contribution in [-0.4, -0.2) is 6.54 Å². The van der Waals surface area contributed by atoms with E-state index in [1.165, 1.54) is 0 Å². The first kappa shape index (κ1) is 11.3. The minimum atomic E-state index is 0.615. The van der Waals surface area contributed by atoms with E-state index in [-0.39, 0.29) is 0 Å². The number of benzene rings is 1. The lowest BCUT2D eigenvalue weighted by molar-refractivity contribution is 0.801. The summed E-state index contributed by atoms with van der Waals surface area (Å²) in [6.45, 7) is 8.56. The zero-order chi connectivity index (χ0) is 11.1. The second-order valence-corrected chi connectivity index (χ2v) is 3.33. The highest BCUT2D eigenvalue weighted by atomic mass is 15.4. The Morgan fingerprint density at radius 1 is 1.53 bits per heavy atom. The average Bonchev–Trinajstić information content (AvgIpc) is 2.27. The van der Waals surface area contributed by atoms with E-state index in [1.54, 1.807) is 5.01 Å². The fourth-order valence-electron chi connectivity index (χ4n) is 1.35. The van der Waals surface area contributed by atoms with Crippen molar-refractivity contribution in [3.05, 3.63) is 34.8 Å². The smallest absolute Gasteiger partial charge is 0.304 e. The topological polar surface area (TPSA) is 45.7 Å². The summed E-state index contributed by atoms with van der Waals surface area (Å²) in [5.41, 5.74) is 4.82. The number of hydrogen-bond acceptors (Lipinski definition) is 3. The van der Waals surface area contributed by atoms with Crippen LogP contribution in [0.1, 0.15) is 18.9 Å². The Balaban J connectivity index is 2.69. The van der Waals surface area contributed by atoms with E-state index in [4.69, 9.17) is 12.4 Å². The lowest BCUT2D eigenvalue weighted by Gasteiger charge is -2.18. The molecule has 0 aliphatic carbocycles. The second kappa shape index (κ2) is 5.89. The molecule has 0 aliphatic rings. The molecule has 1 rings (SSSR count). The lowest BCUT2D eigenvalue weighted by atomic mass is 10.2. The number of nitrogens with one attached hydrogen (secondary N) is 1. The Labute approximate surface area is 90.4 Å². The van der Waals surface area contributed by atoms with Crippen LogP contribution in [0.5, 0.6) is 0 Å². The molecule has 0 saturated heterocycles. The Hall–Kier alpha value is -1.73. The molecule has 0 amide bonds. The van der Waals surface area contributed by atoms with Crippen molar-refractivity contribution in [1.29, 1.82) is 0 Å². The number of nitrogens with zero attached hydrogens (tertiary/aromatic N) is 2. The van der Waals surface area contributed by atoms with Crippen molar-refractivity contribution in [2.75, 3.05) is 11.6 Å². The third-order valence-electron chi connectivity index (χ3n) is 2.08. The normalized spacial score (nSPS) is 9.40. The van der Waals surface area contributed by atoms with Crippen LogP contribution in [-0.2, 0) is 6.54 Å². The van der Waals surface area contributed by atoms with Gasteiger partial charge in [-0.15, -0.1) is 0 Å². The van der Waals surface area contributed by atoms with Gasteiger partial charge in [-0.05, 0) is 24.1 Å². The first-order chi connectivity index (χ1) is 7.27. The van der Waals surface area contributed by atoms with Crippen molar-refractivity contribution in [2.45, 2.75) is 19.9 Å². The van der Waals surface area contributed by atoms with Gasteiger partial charge in [0.2, 0.25) is 0 Å². The molecule has 0 fully saturated rings. The third kappa shape index (κ3) is 3.49. The summed E-state index contributed by atoms with van der Waals surface area (Å²) in [6.07, 6.45) is 1.02. The SMILES string of the molecule is C#[N+]NCc1cccc(N(N)CCC)c1. The van der Waals surface area contributed by atoms with E-state index < -0.39 is 0 Å². The largest absolute Gasteiger partial charge is 0.311 e. The standard InChI is InChI=1S/C11H17N4/c1-3-7-15(12)11-6-4-5-10(8-11)9-14-13-2/h2,4-6,8,14H,3,7,9,12H2,1H3/q+1. The zero-order valence-corrected chi connectivity index (χ0v) is 8.98. The molecule has 3 N–H and O–H groups in total. The summed E-state index contributed by atoms with van der Waals surface area (Å²) >= 11 is 0. The molecule has 0 bridgehead atoms. The van der Waals surface area contributed by atoms with Gasteiger partial charge in [-0.2, -0.15) is 0 Å². The van der Waals surface area contributed by atoms with Gasteiger partial charge in [0.25, 0.3) is 0 Å². The number of hydrazine groups is 1. The fraction of sp³-hybridized carbons (Fsp3) is 0.364. The van der Waals surface area contributed by atoms with E-state index in [9.17, 15) is 0 Å². The molecule has 15 heavy (non-hydrogen) atoms. The summed E-state index contributed by atoms with van der Waals surface area (Å²) in [6, 6.07) is 7.98. The Kier molecular flexibility index (Phi) is 4.45. The van der Waals surface area contributed by atoms with Crippen molar-refractivity contribution in [3.8, 4) is 6.57 Å². The van der Waals surface area contributed by atoms with Crippen LogP contribution in [0.3, 0.4) is 0 Å². The van der Waals surface area contributed by atoms with Gasteiger partial charge in [0.1, 0.15) is 6.54 Å². The van der Waals surface area contributed by atoms with Gasteiger partial charge in [0.05, 0.1) is 10.6 Å². The van der Waals surface area contributed by atoms with Crippen LogP contribution < -0.4 is 16.3 Å². The maximum atomic E-state index is 5.87. The zero-order valence-electron chi connectivity index (χ0n) is 8.98. The number of nitrogens with two attached hydrogens (primary N) is 1. The van der Waals surface area contributed by atoms with Gasteiger partial charge in [-0.25, -0.2) is 5.84 Å². The molecule has 0 unspecified atom stereocenters. The predicted molar refractivity (Wildman–Crippen MR) is 63.4 cm³/mol. The van der Waals surface area contributed by atoms with E-state index in [2.05, 4.69) is 17.3 Å². The van der Waals surface area contributed by atoms with Gasteiger partial charge in [-0.1, -0.05) is 24.5 Å². The number of rotatable bonds is 5. The third-order valence-corrected chi connectivity index (χ3v) is 2.08. The Morgan fingerprint density at radius 2 is 2.33 bits per heavy atom. The van der Waals surface area contributed by atoms with Crippen molar-refractivity contribution in [2.24, 2.45) is 5.84 Å².